The second-order valence-corrected chi connectivity index (χ2v) is 3.90. The molecule has 2 N–H and O–H groups in total. The highest BCUT2D eigenvalue weighted by molar-refractivity contribution is 5.95. The lowest BCUT2D eigenvalue weighted by Crippen LogP contribution is -2.29. The van der Waals surface area contributed by atoms with Crippen molar-refractivity contribution in [2.24, 2.45) is 5.11 Å². The summed E-state index contributed by atoms with van der Waals surface area (Å²) in [4.78, 5) is 27.6. The van der Waals surface area contributed by atoms with Crippen LogP contribution in [0.2, 0.25) is 0 Å². The molecular formula is C12H12N4O4. The molecule has 2 rings (SSSR count). The van der Waals surface area contributed by atoms with E-state index in [2.05, 4.69) is 15.4 Å². The predicted octanol–water partition coefficient (Wildman–Crippen LogP) is 1.52. The molecule has 0 atom stereocenters. The van der Waals surface area contributed by atoms with Crippen LogP contribution >= 0.6 is 0 Å². The standard InChI is InChI=1S/C12H12N4O4/c1-7(14-13)10-12(18)20-15-16(10)9-5-3-8(4-6-9)11(17)19-2/h3-6,13,15H,1-2H3/b10-7+,14-13?. The van der Waals surface area contributed by atoms with Crippen molar-refractivity contribution in [1.29, 1.82) is 5.53 Å². The van der Waals surface area contributed by atoms with Crippen molar-refractivity contribution >= 4 is 17.6 Å². The van der Waals surface area contributed by atoms with Crippen molar-refractivity contribution < 1.29 is 19.2 Å². The Bertz CT molecular complexity index is 594. The van der Waals surface area contributed by atoms with Gasteiger partial charge in [-0.3, -0.25) is 0 Å². The Kier molecular flexibility index (Phi) is 3.76. The number of benzene rings is 1. The van der Waals surface area contributed by atoms with Crippen LogP contribution in [0.1, 0.15) is 17.3 Å². The summed E-state index contributed by atoms with van der Waals surface area (Å²) in [6, 6.07) is 6.32. The number of ether oxygens (including phenoxy) is 1. The molecule has 8 heteroatoms. The maximum atomic E-state index is 11.6. The van der Waals surface area contributed by atoms with Crippen molar-refractivity contribution in [2.75, 3.05) is 12.1 Å². The van der Waals surface area contributed by atoms with E-state index in [1.165, 1.54) is 19.0 Å². The van der Waals surface area contributed by atoms with Crippen LogP contribution in [0.3, 0.4) is 0 Å². The third kappa shape index (κ3) is 2.36. The van der Waals surface area contributed by atoms with Gasteiger partial charge < -0.3 is 9.57 Å². The molecule has 1 heterocycles. The Balaban J connectivity index is 2.34. The van der Waals surface area contributed by atoms with Gasteiger partial charge in [0.15, 0.2) is 5.70 Å². The average Bonchev–Trinajstić information content (AvgIpc) is 2.87. The third-order valence-corrected chi connectivity index (χ3v) is 2.70. The molecule has 20 heavy (non-hydrogen) atoms. The molecule has 104 valence electrons. The van der Waals surface area contributed by atoms with E-state index in [1.54, 1.807) is 24.3 Å². The number of nitrogens with zero attached hydrogens (tertiary/aromatic N) is 2. The molecule has 1 fully saturated rings. The number of rotatable bonds is 3. The maximum Gasteiger partial charge on any atom is 0.378 e. The van der Waals surface area contributed by atoms with Gasteiger partial charge in [-0.2, -0.15) is 5.11 Å². The Labute approximate surface area is 114 Å². The minimum absolute atomic E-state index is 0.116. The van der Waals surface area contributed by atoms with Crippen LogP contribution in [0.4, 0.5) is 5.69 Å². The van der Waals surface area contributed by atoms with Gasteiger partial charge in [-0.05, 0) is 31.2 Å². The summed E-state index contributed by atoms with van der Waals surface area (Å²) in [6.07, 6.45) is 0. The normalized spacial score (nSPS) is 16.7. The van der Waals surface area contributed by atoms with Crippen molar-refractivity contribution in [3.8, 4) is 0 Å². The molecule has 0 aromatic heterocycles. The number of hydrogen-bond donors (Lipinski definition) is 2. The van der Waals surface area contributed by atoms with Crippen LogP contribution in [0.25, 0.3) is 0 Å². The molecule has 1 aliphatic heterocycles. The fourth-order valence-electron chi connectivity index (χ4n) is 1.68. The second-order valence-electron chi connectivity index (χ2n) is 3.90. The lowest BCUT2D eigenvalue weighted by molar-refractivity contribution is -0.140. The number of anilines is 1. The molecule has 1 saturated heterocycles. The number of esters is 1. The fraction of sp³-hybridized carbons (Fsp3) is 0.167. The van der Waals surface area contributed by atoms with Crippen molar-refractivity contribution in [3.63, 3.8) is 0 Å². The minimum Gasteiger partial charge on any atom is -0.465 e. The Hall–Kier alpha value is -2.74. The lowest BCUT2D eigenvalue weighted by Gasteiger charge is -2.16. The molecule has 0 aliphatic carbocycles. The summed E-state index contributed by atoms with van der Waals surface area (Å²) in [5.41, 5.74) is 10.7. The van der Waals surface area contributed by atoms with Crippen LogP contribution < -0.4 is 10.6 Å². The smallest absolute Gasteiger partial charge is 0.378 e. The predicted molar refractivity (Wildman–Crippen MR) is 67.3 cm³/mol. The van der Waals surface area contributed by atoms with Gasteiger partial charge in [0.2, 0.25) is 0 Å². The first kappa shape index (κ1) is 13.7. The van der Waals surface area contributed by atoms with Crippen molar-refractivity contribution in [1.82, 2.24) is 5.59 Å². The number of allylic oxidation sites excluding steroid dienone is 1. The highest BCUT2D eigenvalue weighted by Crippen LogP contribution is 2.25. The zero-order valence-corrected chi connectivity index (χ0v) is 10.8. The molecular weight excluding hydrogens is 264 g/mol. The number of hydrazine groups is 1. The maximum absolute atomic E-state index is 11.6. The van der Waals surface area contributed by atoms with Crippen LogP contribution in [0.5, 0.6) is 0 Å². The molecule has 0 unspecified atom stereocenters. The van der Waals surface area contributed by atoms with Gasteiger partial charge in [0.05, 0.1) is 24.1 Å². The number of hydrogen-bond acceptors (Lipinski definition) is 8. The van der Waals surface area contributed by atoms with Crippen LogP contribution in [0.15, 0.2) is 40.8 Å². The average molecular weight is 276 g/mol. The Morgan fingerprint density at radius 1 is 1.40 bits per heavy atom. The van der Waals surface area contributed by atoms with E-state index in [9.17, 15) is 9.59 Å². The number of nitrogens with one attached hydrogen (secondary N) is 2. The van der Waals surface area contributed by atoms with Crippen LogP contribution in [0, 0.1) is 5.53 Å². The lowest BCUT2D eigenvalue weighted by atomic mass is 10.2. The van der Waals surface area contributed by atoms with Gasteiger partial charge in [-0.15, -0.1) is 0 Å². The van der Waals surface area contributed by atoms with Crippen molar-refractivity contribution in [2.45, 2.75) is 6.92 Å². The van der Waals surface area contributed by atoms with E-state index in [-0.39, 0.29) is 11.4 Å². The van der Waals surface area contributed by atoms with Gasteiger partial charge in [0.25, 0.3) is 0 Å². The quantitative estimate of drug-likeness (QED) is 0.492. The van der Waals surface area contributed by atoms with Gasteiger partial charge >= 0.3 is 11.9 Å². The summed E-state index contributed by atoms with van der Waals surface area (Å²) in [5.74, 6) is -1.08. The summed E-state index contributed by atoms with van der Waals surface area (Å²) in [7, 11) is 1.30. The summed E-state index contributed by atoms with van der Waals surface area (Å²) >= 11 is 0. The van der Waals surface area contributed by atoms with E-state index in [0.717, 1.165) is 0 Å². The fourth-order valence-corrected chi connectivity index (χ4v) is 1.68. The minimum atomic E-state index is -0.629. The van der Waals surface area contributed by atoms with E-state index in [4.69, 9.17) is 10.4 Å². The van der Waals surface area contributed by atoms with E-state index in [0.29, 0.717) is 11.3 Å². The molecule has 1 aromatic carbocycles. The van der Waals surface area contributed by atoms with E-state index >= 15 is 0 Å². The molecule has 1 aliphatic rings. The Morgan fingerprint density at radius 2 is 2.05 bits per heavy atom. The Morgan fingerprint density at radius 3 is 2.60 bits per heavy atom. The van der Waals surface area contributed by atoms with Gasteiger partial charge in [-0.25, -0.2) is 20.1 Å². The van der Waals surface area contributed by atoms with Gasteiger partial charge in [-0.1, -0.05) is 5.59 Å². The van der Waals surface area contributed by atoms with E-state index in [1.807, 2.05) is 0 Å². The largest absolute Gasteiger partial charge is 0.465 e. The molecule has 0 bridgehead atoms. The van der Waals surface area contributed by atoms with Gasteiger partial charge in [0.1, 0.15) is 0 Å². The monoisotopic (exact) mass is 276 g/mol. The number of carbonyl (C=O) groups excluding carboxylic acids is 2. The zero-order valence-electron chi connectivity index (χ0n) is 10.8. The first-order valence-electron chi connectivity index (χ1n) is 5.62. The van der Waals surface area contributed by atoms with E-state index < -0.39 is 11.9 Å². The van der Waals surface area contributed by atoms with Gasteiger partial charge in [0, 0.05) is 0 Å². The summed E-state index contributed by atoms with van der Waals surface area (Å²) in [6.45, 7) is 1.52. The third-order valence-electron chi connectivity index (χ3n) is 2.70. The molecule has 8 nitrogen and oxygen atoms in total. The highest BCUT2D eigenvalue weighted by atomic mass is 16.7. The molecule has 0 spiro atoms. The molecule has 1 aromatic rings. The number of methoxy groups -OCH3 is 1. The van der Waals surface area contributed by atoms with Crippen LogP contribution in [-0.2, 0) is 14.4 Å². The number of carbonyl (C=O) groups is 2. The summed E-state index contributed by atoms with van der Waals surface area (Å²) in [5, 5.41) is 4.57. The molecule has 0 amide bonds. The summed E-state index contributed by atoms with van der Waals surface area (Å²) < 4.78 is 4.60. The zero-order chi connectivity index (χ0) is 14.7. The van der Waals surface area contributed by atoms with Crippen LogP contribution in [-0.4, -0.2) is 19.0 Å². The van der Waals surface area contributed by atoms with Crippen molar-refractivity contribution in [3.05, 3.63) is 41.2 Å². The topological polar surface area (TPSA) is 104 Å². The molecule has 0 radical (unpaired) electrons. The first-order valence-corrected chi connectivity index (χ1v) is 5.62. The SMILES string of the molecule is COC(=O)c1ccc(N2NOC(=O)/C2=C(/C)N=N)cc1. The molecule has 0 saturated carbocycles. The highest BCUT2D eigenvalue weighted by Gasteiger charge is 2.31. The second kappa shape index (κ2) is 5.49. The first-order chi connectivity index (χ1) is 9.58.